The van der Waals surface area contributed by atoms with Crippen molar-refractivity contribution in [2.75, 3.05) is 29.0 Å². The number of rotatable bonds is 3. The van der Waals surface area contributed by atoms with E-state index in [0.29, 0.717) is 11.3 Å². The molecule has 0 aliphatic carbocycles. The second-order valence-electron chi connectivity index (χ2n) is 6.38. The molecule has 1 amide bonds. The highest BCUT2D eigenvalue weighted by molar-refractivity contribution is 6.39. The lowest BCUT2D eigenvalue weighted by Crippen LogP contribution is -2.45. The Hall–Kier alpha value is -2.02. The molecule has 1 aliphatic rings. The molecule has 3 N–H and O–H groups in total. The summed E-state index contributed by atoms with van der Waals surface area (Å²) < 4.78 is 5.73. The zero-order valence-electron chi connectivity index (χ0n) is 14.5. The molecule has 0 spiro atoms. The first kappa shape index (κ1) is 18.8. The Labute approximate surface area is 162 Å². The first-order valence-corrected chi connectivity index (χ1v) is 9.01. The molecule has 138 valence electrons. The first-order valence-electron chi connectivity index (χ1n) is 8.26. The van der Waals surface area contributed by atoms with Crippen molar-refractivity contribution in [1.29, 1.82) is 0 Å². The Kier molecular flexibility index (Phi) is 5.55. The van der Waals surface area contributed by atoms with Gasteiger partial charge in [0.2, 0.25) is 0 Å². The molecule has 1 saturated heterocycles. The van der Waals surface area contributed by atoms with E-state index in [9.17, 15) is 4.79 Å². The summed E-state index contributed by atoms with van der Waals surface area (Å²) in [6.45, 7) is 5.61. The van der Waals surface area contributed by atoms with Crippen LogP contribution in [0.5, 0.6) is 0 Å². The van der Waals surface area contributed by atoms with E-state index in [1.807, 2.05) is 19.9 Å². The number of nitrogens with two attached hydrogens (primary N) is 1. The van der Waals surface area contributed by atoms with Gasteiger partial charge in [0, 0.05) is 25.0 Å². The van der Waals surface area contributed by atoms with Gasteiger partial charge in [-0.1, -0.05) is 23.2 Å². The normalized spacial score (nSPS) is 20.1. The van der Waals surface area contributed by atoms with E-state index >= 15 is 0 Å². The van der Waals surface area contributed by atoms with Gasteiger partial charge in [0.15, 0.2) is 0 Å². The van der Waals surface area contributed by atoms with Gasteiger partial charge in [-0.2, -0.15) is 0 Å². The molecule has 0 saturated carbocycles. The minimum absolute atomic E-state index is 0.142. The third-order valence-corrected chi connectivity index (χ3v) is 4.72. The van der Waals surface area contributed by atoms with E-state index in [1.165, 1.54) is 0 Å². The van der Waals surface area contributed by atoms with Crippen molar-refractivity contribution in [3.05, 3.63) is 46.1 Å². The molecule has 0 unspecified atom stereocenters. The molecule has 1 aliphatic heterocycles. The van der Waals surface area contributed by atoms with Crippen LogP contribution in [0.3, 0.4) is 0 Å². The van der Waals surface area contributed by atoms with E-state index < -0.39 is 0 Å². The van der Waals surface area contributed by atoms with Crippen LogP contribution in [0.2, 0.25) is 10.0 Å². The number of anilines is 3. The molecule has 2 atom stereocenters. The molecule has 2 heterocycles. The fourth-order valence-electron chi connectivity index (χ4n) is 2.93. The number of carbonyl (C=O) groups excluding carboxylic acids is 1. The predicted octanol–water partition coefficient (Wildman–Crippen LogP) is 3.84. The number of halogens is 2. The van der Waals surface area contributed by atoms with Crippen LogP contribution in [0.15, 0.2) is 30.5 Å². The van der Waals surface area contributed by atoms with Crippen LogP contribution >= 0.6 is 23.2 Å². The van der Waals surface area contributed by atoms with E-state index in [4.69, 9.17) is 33.7 Å². The number of nitrogens with one attached hydrogen (secondary N) is 1. The van der Waals surface area contributed by atoms with Gasteiger partial charge in [-0.15, -0.1) is 0 Å². The number of nitrogens with zero attached hydrogens (tertiary/aromatic N) is 2. The Morgan fingerprint density at radius 1 is 1.23 bits per heavy atom. The SMILES string of the molecule is C[C@H]1CN(c2ccc(C(=O)Nc3cc(Cl)c(N)c(Cl)c3)cn2)C[C@H](C)O1. The van der Waals surface area contributed by atoms with Gasteiger partial charge >= 0.3 is 0 Å². The summed E-state index contributed by atoms with van der Waals surface area (Å²) in [5, 5.41) is 3.32. The number of hydrogen-bond donors (Lipinski definition) is 2. The molecule has 0 bridgehead atoms. The second kappa shape index (κ2) is 7.70. The van der Waals surface area contributed by atoms with Crippen LogP contribution in [0.25, 0.3) is 0 Å². The molecule has 2 aromatic rings. The summed E-state index contributed by atoms with van der Waals surface area (Å²) in [5.74, 6) is 0.520. The minimum Gasteiger partial charge on any atom is -0.396 e. The van der Waals surface area contributed by atoms with Crippen LogP contribution in [0, 0.1) is 0 Å². The van der Waals surface area contributed by atoms with Crippen LogP contribution in [-0.2, 0) is 4.74 Å². The summed E-state index contributed by atoms with van der Waals surface area (Å²) >= 11 is 12.0. The molecule has 26 heavy (non-hydrogen) atoms. The van der Waals surface area contributed by atoms with Gasteiger partial charge in [0.05, 0.1) is 33.5 Å². The lowest BCUT2D eigenvalue weighted by Gasteiger charge is -2.36. The molecule has 1 fully saturated rings. The van der Waals surface area contributed by atoms with Crippen molar-refractivity contribution in [3.63, 3.8) is 0 Å². The standard InChI is InChI=1S/C18H20Cl2N4O2/c1-10-8-24(9-11(2)26-10)16-4-3-12(7-22-16)18(25)23-13-5-14(19)17(21)15(20)6-13/h3-7,10-11H,8-9,21H2,1-2H3,(H,23,25)/t10-,11-/m0/s1. The lowest BCUT2D eigenvalue weighted by molar-refractivity contribution is -0.00546. The summed E-state index contributed by atoms with van der Waals surface area (Å²) in [6.07, 6.45) is 1.84. The molecular weight excluding hydrogens is 375 g/mol. The Balaban J connectivity index is 1.71. The largest absolute Gasteiger partial charge is 0.396 e. The number of morpholine rings is 1. The lowest BCUT2D eigenvalue weighted by atomic mass is 10.2. The highest BCUT2D eigenvalue weighted by Gasteiger charge is 2.23. The van der Waals surface area contributed by atoms with Gasteiger partial charge in [0.25, 0.3) is 5.91 Å². The van der Waals surface area contributed by atoms with Crippen molar-refractivity contribution in [1.82, 2.24) is 4.98 Å². The van der Waals surface area contributed by atoms with Crippen molar-refractivity contribution in [2.24, 2.45) is 0 Å². The van der Waals surface area contributed by atoms with E-state index in [2.05, 4.69) is 15.2 Å². The molecular formula is C18H20Cl2N4O2. The number of carbonyl (C=O) groups is 1. The molecule has 3 rings (SSSR count). The topological polar surface area (TPSA) is 80.5 Å². The summed E-state index contributed by atoms with van der Waals surface area (Å²) in [4.78, 5) is 19.0. The van der Waals surface area contributed by atoms with Crippen LogP contribution in [0.1, 0.15) is 24.2 Å². The maximum absolute atomic E-state index is 12.4. The van der Waals surface area contributed by atoms with Gasteiger partial charge in [-0.25, -0.2) is 4.98 Å². The predicted molar refractivity (Wildman–Crippen MR) is 105 cm³/mol. The number of hydrogen-bond acceptors (Lipinski definition) is 5. The molecule has 6 nitrogen and oxygen atoms in total. The third kappa shape index (κ3) is 4.20. The number of nitrogen functional groups attached to an aromatic ring is 1. The Morgan fingerprint density at radius 3 is 2.38 bits per heavy atom. The van der Waals surface area contributed by atoms with E-state index in [-0.39, 0.29) is 33.8 Å². The van der Waals surface area contributed by atoms with Crippen molar-refractivity contribution in [2.45, 2.75) is 26.1 Å². The number of ether oxygens (including phenoxy) is 1. The van der Waals surface area contributed by atoms with E-state index in [1.54, 1.807) is 24.4 Å². The van der Waals surface area contributed by atoms with Crippen LogP contribution in [0.4, 0.5) is 17.2 Å². The Morgan fingerprint density at radius 2 is 1.85 bits per heavy atom. The summed E-state index contributed by atoms with van der Waals surface area (Å²) in [6, 6.07) is 6.68. The zero-order chi connectivity index (χ0) is 18.8. The average Bonchev–Trinajstić information content (AvgIpc) is 2.59. The number of pyridine rings is 1. The van der Waals surface area contributed by atoms with Crippen molar-refractivity contribution in [3.8, 4) is 0 Å². The number of amides is 1. The number of aromatic nitrogens is 1. The van der Waals surface area contributed by atoms with Crippen LogP contribution < -0.4 is 16.0 Å². The highest BCUT2D eigenvalue weighted by atomic mass is 35.5. The van der Waals surface area contributed by atoms with Crippen molar-refractivity contribution < 1.29 is 9.53 Å². The Bertz CT molecular complexity index is 780. The first-order chi connectivity index (χ1) is 12.3. The monoisotopic (exact) mass is 394 g/mol. The second-order valence-corrected chi connectivity index (χ2v) is 7.19. The maximum atomic E-state index is 12.4. The molecule has 1 aromatic heterocycles. The quantitative estimate of drug-likeness (QED) is 0.772. The smallest absolute Gasteiger partial charge is 0.257 e. The summed E-state index contributed by atoms with van der Waals surface area (Å²) in [5.41, 5.74) is 6.89. The summed E-state index contributed by atoms with van der Waals surface area (Å²) in [7, 11) is 0. The van der Waals surface area contributed by atoms with Gasteiger partial charge in [-0.3, -0.25) is 4.79 Å². The highest BCUT2D eigenvalue weighted by Crippen LogP contribution is 2.31. The van der Waals surface area contributed by atoms with Gasteiger partial charge < -0.3 is 20.7 Å². The fraction of sp³-hybridized carbons (Fsp3) is 0.333. The maximum Gasteiger partial charge on any atom is 0.257 e. The van der Waals surface area contributed by atoms with Gasteiger partial charge in [-0.05, 0) is 38.1 Å². The average molecular weight is 395 g/mol. The molecule has 1 aromatic carbocycles. The minimum atomic E-state index is -0.301. The van der Waals surface area contributed by atoms with Crippen molar-refractivity contribution >= 4 is 46.3 Å². The van der Waals surface area contributed by atoms with Crippen LogP contribution in [-0.4, -0.2) is 36.2 Å². The molecule has 8 heteroatoms. The van der Waals surface area contributed by atoms with E-state index in [0.717, 1.165) is 18.9 Å². The fourth-order valence-corrected chi connectivity index (χ4v) is 3.42. The number of benzene rings is 1. The zero-order valence-corrected chi connectivity index (χ0v) is 16.0. The van der Waals surface area contributed by atoms with Gasteiger partial charge in [0.1, 0.15) is 5.82 Å². The molecule has 0 radical (unpaired) electrons. The third-order valence-electron chi connectivity index (χ3n) is 4.09.